The molecule has 0 fully saturated rings. The van der Waals surface area contributed by atoms with Crippen LogP contribution in [0.3, 0.4) is 0 Å². The molecule has 2 aromatic carbocycles. The smallest absolute Gasteiger partial charge is 0.308 e. The Labute approximate surface area is 163 Å². The van der Waals surface area contributed by atoms with Crippen molar-refractivity contribution >= 4 is 27.1 Å². The Balaban J connectivity index is 1.92. The minimum absolute atomic E-state index is 0.219. The zero-order chi connectivity index (χ0) is 19.0. The summed E-state index contributed by atoms with van der Waals surface area (Å²) >= 11 is 3.44. The van der Waals surface area contributed by atoms with Gasteiger partial charge in [0.25, 0.3) is 5.56 Å². The molecule has 0 aliphatic heterocycles. The minimum atomic E-state index is -0.381. The summed E-state index contributed by atoms with van der Waals surface area (Å²) in [5, 5.41) is 0. The highest BCUT2D eigenvalue weighted by atomic mass is 79.9. The molecule has 0 amide bonds. The maximum Gasteiger partial charge on any atom is 0.332 e. The second-order valence-corrected chi connectivity index (χ2v) is 7.05. The van der Waals surface area contributed by atoms with Crippen LogP contribution in [0.25, 0.3) is 11.2 Å². The molecule has 0 bridgehead atoms. The standard InChI is InChI=1S/C20H17BrN4O2/c1-23-17-16(24(19(21)22-17)12-14-8-4-2-5-9-14)18(26)25(20(23)27)13-15-10-6-3-7-11-15/h2-11H,12-13H2,1H3. The molecule has 6 nitrogen and oxygen atoms in total. The number of rotatable bonds is 4. The number of imidazole rings is 1. The number of hydrogen-bond donors (Lipinski definition) is 0. The van der Waals surface area contributed by atoms with Gasteiger partial charge in [-0.3, -0.25) is 13.9 Å². The van der Waals surface area contributed by atoms with E-state index in [9.17, 15) is 9.59 Å². The van der Waals surface area contributed by atoms with Gasteiger partial charge in [-0.15, -0.1) is 0 Å². The van der Waals surface area contributed by atoms with E-state index in [2.05, 4.69) is 20.9 Å². The highest BCUT2D eigenvalue weighted by molar-refractivity contribution is 9.10. The molecule has 0 aliphatic rings. The number of aryl methyl sites for hydroxylation is 1. The first-order valence-electron chi connectivity index (χ1n) is 8.49. The molecule has 0 atom stereocenters. The SMILES string of the molecule is Cn1c(=O)n(Cc2ccccc2)c(=O)c2c1nc(Br)n2Cc1ccccc1. The maximum atomic E-state index is 13.2. The van der Waals surface area contributed by atoms with Crippen LogP contribution in [0.1, 0.15) is 11.1 Å². The molecule has 0 aliphatic carbocycles. The van der Waals surface area contributed by atoms with Crippen LogP contribution in [0, 0.1) is 0 Å². The van der Waals surface area contributed by atoms with Crippen LogP contribution < -0.4 is 11.2 Å². The molecule has 0 unspecified atom stereocenters. The zero-order valence-corrected chi connectivity index (χ0v) is 16.3. The van der Waals surface area contributed by atoms with Crippen LogP contribution in [0.4, 0.5) is 0 Å². The van der Waals surface area contributed by atoms with Crippen LogP contribution in [-0.2, 0) is 20.1 Å². The minimum Gasteiger partial charge on any atom is -0.308 e. The predicted molar refractivity (Wildman–Crippen MR) is 108 cm³/mol. The number of aromatic nitrogens is 4. The lowest BCUT2D eigenvalue weighted by atomic mass is 10.2. The first-order valence-corrected chi connectivity index (χ1v) is 9.29. The van der Waals surface area contributed by atoms with Gasteiger partial charge in [0.1, 0.15) is 0 Å². The second kappa shape index (κ2) is 7.00. The first kappa shape index (κ1) is 17.5. The van der Waals surface area contributed by atoms with E-state index in [-0.39, 0.29) is 17.8 Å². The number of halogens is 1. The molecule has 0 saturated carbocycles. The summed E-state index contributed by atoms with van der Waals surface area (Å²) in [5.41, 5.74) is 1.99. The zero-order valence-electron chi connectivity index (χ0n) is 14.7. The van der Waals surface area contributed by atoms with Gasteiger partial charge in [0, 0.05) is 7.05 Å². The predicted octanol–water partition coefficient (Wildman–Crippen LogP) is 2.76. The van der Waals surface area contributed by atoms with Crippen LogP contribution in [0.15, 0.2) is 75.0 Å². The van der Waals surface area contributed by atoms with Gasteiger partial charge >= 0.3 is 5.69 Å². The summed E-state index contributed by atoms with van der Waals surface area (Å²) in [6.45, 7) is 0.702. The molecule has 0 spiro atoms. The first-order chi connectivity index (χ1) is 13.1. The number of hydrogen-bond acceptors (Lipinski definition) is 3. The van der Waals surface area contributed by atoms with E-state index in [0.29, 0.717) is 22.4 Å². The summed E-state index contributed by atoms with van der Waals surface area (Å²) in [6.07, 6.45) is 0. The Morgan fingerprint density at radius 2 is 1.37 bits per heavy atom. The van der Waals surface area contributed by atoms with E-state index in [4.69, 9.17) is 0 Å². The monoisotopic (exact) mass is 424 g/mol. The van der Waals surface area contributed by atoms with Crippen molar-refractivity contribution < 1.29 is 0 Å². The van der Waals surface area contributed by atoms with Crippen molar-refractivity contribution in [2.24, 2.45) is 7.05 Å². The summed E-state index contributed by atoms with van der Waals surface area (Å²) in [7, 11) is 1.64. The van der Waals surface area contributed by atoms with Crippen LogP contribution >= 0.6 is 15.9 Å². The topological polar surface area (TPSA) is 61.8 Å². The highest BCUT2D eigenvalue weighted by Crippen LogP contribution is 2.18. The molecule has 0 radical (unpaired) electrons. The Hall–Kier alpha value is -2.93. The average molecular weight is 425 g/mol. The van der Waals surface area contributed by atoms with Gasteiger partial charge in [-0.2, -0.15) is 0 Å². The van der Waals surface area contributed by atoms with E-state index in [1.165, 1.54) is 9.13 Å². The molecule has 4 aromatic rings. The molecule has 136 valence electrons. The van der Waals surface area contributed by atoms with Crippen LogP contribution in [0.2, 0.25) is 0 Å². The van der Waals surface area contributed by atoms with Crippen molar-refractivity contribution in [2.45, 2.75) is 13.1 Å². The third-order valence-corrected chi connectivity index (χ3v) is 5.16. The van der Waals surface area contributed by atoms with Crippen LogP contribution in [-0.4, -0.2) is 18.7 Å². The van der Waals surface area contributed by atoms with E-state index in [1.54, 1.807) is 11.6 Å². The number of nitrogens with zero attached hydrogens (tertiary/aromatic N) is 4. The van der Waals surface area contributed by atoms with Crippen molar-refractivity contribution in [3.05, 3.63) is 97.4 Å². The average Bonchev–Trinajstić information content (AvgIpc) is 3.02. The van der Waals surface area contributed by atoms with Crippen molar-refractivity contribution in [3.63, 3.8) is 0 Å². The Kier molecular flexibility index (Phi) is 4.53. The van der Waals surface area contributed by atoms with Gasteiger partial charge in [0.05, 0.1) is 13.1 Å². The van der Waals surface area contributed by atoms with Crippen molar-refractivity contribution in [1.29, 1.82) is 0 Å². The van der Waals surface area contributed by atoms with Gasteiger partial charge in [-0.1, -0.05) is 60.7 Å². The van der Waals surface area contributed by atoms with E-state index in [0.717, 1.165) is 11.1 Å². The largest absolute Gasteiger partial charge is 0.332 e. The van der Waals surface area contributed by atoms with Crippen molar-refractivity contribution in [2.75, 3.05) is 0 Å². The third kappa shape index (κ3) is 3.14. The molecule has 4 rings (SSSR count). The van der Waals surface area contributed by atoms with Crippen LogP contribution in [0.5, 0.6) is 0 Å². The van der Waals surface area contributed by atoms with Gasteiger partial charge in [0.2, 0.25) is 0 Å². The summed E-state index contributed by atoms with van der Waals surface area (Å²) < 4.78 is 5.00. The summed E-state index contributed by atoms with van der Waals surface area (Å²) in [5.74, 6) is 0. The lowest BCUT2D eigenvalue weighted by Crippen LogP contribution is -2.40. The van der Waals surface area contributed by atoms with E-state index >= 15 is 0 Å². The van der Waals surface area contributed by atoms with E-state index in [1.807, 2.05) is 60.7 Å². The van der Waals surface area contributed by atoms with Crippen molar-refractivity contribution in [1.82, 2.24) is 18.7 Å². The normalized spacial score (nSPS) is 11.2. The molecule has 27 heavy (non-hydrogen) atoms. The number of fused-ring (bicyclic) bond motifs is 1. The van der Waals surface area contributed by atoms with Gasteiger partial charge < -0.3 is 4.57 Å². The fraction of sp³-hybridized carbons (Fsp3) is 0.150. The highest BCUT2D eigenvalue weighted by Gasteiger charge is 2.19. The van der Waals surface area contributed by atoms with Crippen molar-refractivity contribution in [3.8, 4) is 0 Å². The fourth-order valence-corrected chi connectivity index (χ4v) is 3.63. The van der Waals surface area contributed by atoms with E-state index < -0.39 is 0 Å². The quantitative estimate of drug-likeness (QED) is 0.473. The molecule has 2 heterocycles. The molecule has 7 heteroatoms. The lowest BCUT2D eigenvalue weighted by Gasteiger charge is -2.10. The number of benzene rings is 2. The fourth-order valence-electron chi connectivity index (χ4n) is 3.16. The maximum absolute atomic E-state index is 13.2. The Bertz CT molecular complexity index is 1220. The summed E-state index contributed by atoms with van der Waals surface area (Å²) in [4.78, 5) is 30.4. The van der Waals surface area contributed by atoms with Gasteiger partial charge in [-0.05, 0) is 27.1 Å². The molecular weight excluding hydrogens is 408 g/mol. The van der Waals surface area contributed by atoms with Gasteiger partial charge in [-0.25, -0.2) is 9.78 Å². The third-order valence-electron chi connectivity index (χ3n) is 4.55. The Morgan fingerprint density at radius 3 is 1.93 bits per heavy atom. The molecule has 0 N–H and O–H groups in total. The molecule has 0 saturated heterocycles. The summed E-state index contributed by atoms with van der Waals surface area (Å²) in [6, 6.07) is 19.3. The lowest BCUT2D eigenvalue weighted by molar-refractivity contribution is 0.653. The Morgan fingerprint density at radius 1 is 0.852 bits per heavy atom. The molecule has 2 aromatic heterocycles. The van der Waals surface area contributed by atoms with Gasteiger partial charge in [0.15, 0.2) is 15.9 Å². The molecular formula is C20H17BrN4O2. The second-order valence-electron chi connectivity index (χ2n) is 6.34.